The monoisotopic (exact) mass is 881 g/mol. The Labute approximate surface area is 365 Å². The number of allylic oxidation sites excluding steroid dienone is 14. The Bertz CT molecular complexity index is 1390. The molecule has 0 radical (unpaired) electrons. The Morgan fingerprint density at radius 3 is 1.38 bits per heavy atom. The van der Waals surface area contributed by atoms with Crippen LogP contribution in [0.5, 0.6) is 0 Å². The zero-order chi connectivity index (χ0) is 45.0. The van der Waals surface area contributed by atoms with Crippen molar-refractivity contribution in [1.29, 1.82) is 0 Å². The van der Waals surface area contributed by atoms with Gasteiger partial charge in [0.05, 0.1) is 6.61 Å². The Morgan fingerprint density at radius 1 is 0.508 bits per heavy atom. The van der Waals surface area contributed by atoms with Gasteiger partial charge in [0, 0.05) is 12.8 Å². The lowest BCUT2D eigenvalue weighted by Crippen LogP contribution is -2.64. The number of esters is 2. The highest BCUT2D eigenvalue weighted by Crippen LogP contribution is 2.47. The Hall–Kier alpha value is -2.97. The second-order valence-electron chi connectivity index (χ2n) is 15.1. The average molecular weight is 881 g/mol. The highest BCUT2D eigenvalue weighted by atomic mass is 31.2. The summed E-state index contributed by atoms with van der Waals surface area (Å²) in [4.78, 5) is 35.7. The highest BCUT2D eigenvalue weighted by Gasteiger charge is 2.51. The van der Waals surface area contributed by atoms with Crippen LogP contribution in [0, 0.1) is 0 Å². The molecule has 1 aliphatic rings. The Morgan fingerprint density at radius 2 is 0.885 bits per heavy atom. The first-order valence-corrected chi connectivity index (χ1v) is 23.9. The van der Waals surface area contributed by atoms with Crippen molar-refractivity contribution >= 4 is 19.8 Å². The van der Waals surface area contributed by atoms with E-state index >= 15 is 0 Å². The molecule has 0 heterocycles. The number of aliphatic hydroxyl groups excluding tert-OH is 5. The smallest absolute Gasteiger partial charge is 0.462 e. The third-order valence-corrected chi connectivity index (χ3v) is 10.7. The lowest BCUT2D eigenvalue weighted by atomic mass is 9.85. The van der Waals surface area contributed by atoms with Crippen molar-refractivity contribution in [2.24, 2.45) is 0 Å². The standard InChI is InChI=1S/C47H77O13P/c1-3-5-7-9-11-13-15-17-19-20-22-23-25-27-29-31-33-35-40(48)57-37-39(38-58-61(55,56)60-47-45(53)43(51)42(50)44(52)46(47)54)59-41(49)36-34-32-30-28-26-24-21-18-16-14-12-10-8-6-4-2/h5-8,11-14,17-19,21,26,28,39,42-47,50-54H,3-4,9-10,15-16,20,22-25,27,29-38H2,1-2H3,(H,55,56)/b7-5-,8-6-,13-11-,14-12-,19-17-,21-18-,28-26-. The van der Waals surface area contributed by atoms with Crippen LogP contribution in [-0.2, 0) is 32.7 Å². The molecule has 0 aromatic carbocycles. The van der Waals surface area contributed by atoms with E-state index in [0.717, 1.165) is 96.3 Å². The van der Waals surface area contributed by atoms with Crippen LogP contribution in [0.1, 0.15) is 142 Å². The van der Waals surface area contributed by atoms with Gasteiger partial charge in [0.2, 0.25) is 0 Å². The van der Waals surface area contributed by atoms with Gasteiger partial charge in [-0.1, -0.05) is 131 Å². The van der Waals surface area contributed by atoms with Gasteiger partial charge in [-0.05, 0) is 83.5 Å². The Balaban J connectivity index is 2.51. The fourth-order valence-electron chi connectivity index (χ4n) is 6.17. The summed E-state index contributed by atoms with van der Waals surface area (Å²) in [7, 11) is -5.14. The van der Waals surface area contributed by atoms with Gasteiger partial charge in [-0.3, -0.25) is 18.6 Å². The summed E-state index contributed by atoms with van der Waals surface area (Å²) in [5.41, 5.74) is 0. The minimum Gasteiger partial charge on any atom is -0.462 e. The molecule has 1 saturated carbocycles. The molecule has 6 N–H and O–H groups in total. The predicted molar refractivity (Wildman–Crippen MR) is 239 cm³/mol. The summed E-state index contributed by atoms with van der Waals surface area (Å²) in [5.74, 6) is -1.17. The van der Waals surface area contributed by atoms with Gasteiger partial charge in [0.25, 0.3) is 0 Å². The summed E-state index contributed by atoms with van der Waals surface area (Å²) < 4.78 is 33.4. The average Bonchev–Trinajstić information content (AvgIpc) is 3.24. The van der Waals surface area contributed by atoms with E-state index in [-0.39, 0.29) is 12.8 Å². The number of carbonyl (C=O) groups excluding carboxylic acids is 2. The molecule has 61 heavy (non-hydrogen) atoms. The molecule has 0 aromatic heterocycles. The number of phosphoric acid groups is 1. The molecule has 14 heteroatoms. The van der Waals surface area contributed by atoms with Crippen molar-refractivity contribution in [3.63, 3.8) is 0 Å². The molecule has 1 aliphatic carbocycles. The van der Waals surface area contributed by atoms with Gasteiger partial charge in [-0.15, -0.1) is 0 Å². The van der Waals surface area contributed by atoms with Gasteiger partial charge >= 0.3 is 19.8 Å². The van der Waals surface area contributed by atoms with Crippen LogP contribution in [-0.4, -0.2) is 98.3 Å². The number of hydrogen-bond acceptors (Lipinski definition) is 12. The molecule has 1 rings (SSSR count). The molecule has 0 aliphatic heterocycles. The zero-order valence-electron chi connectivity index (χ0n) is 36.7. The van der Waals surface area contributed by atoms with Crippen LogP contribution < -0.4 is 0 Å². The zero-order valence-corrected chi connectivity index (χ0v) is 37.6. The summed E-state index contributed by atoms with van der Waals surface area (Å²) in [6, 6.07) is 0. The molecule has 0 saturated heterocycles. The number of phosphoric ester groups is 1. The van der Waals surface area contributed by atoms with Crippen LogP contribution in [0.2, 0.25) is 0 Å². The van der Waals surface area contributed by atoms with Crippen molar-refractivity contribution in [3.05, 3.63) is 85.1 Å². The lowest BCUT2D eigenvalue weighted by Gasteiger charge is -2.41. The van der Waals surface area contributed by atoms with E-state index in [1.54, 1.807) is 0 Å². The lowest BCUT2D eigenvalue weighted by molar-refractivity contribution is -0.220. The van der Waals surface area contributed by atoms with E-state index in [1.807, 2.05) is 6.08 Å². The van der Waals surface area contributed by atoms with Crippen molar-refractivity contribution in [2.45, 2.75) is 185 Å². The molecule has 6 atom stereocenters. The number of carbonyl (C=O) groups is 2. The van der Waals surface area contributed by atoms with Crippen LogP contribution >= 0.6 is 7.82 Å². The molecule has 0 bridgehead atoms. The topological polar surface area (TPSA) is 210 Å². The normalized spacial score (nSPS) is 22.8. The quantitative estimate of drug-likeness (QED) is 0.0153. The predicted octanol–water partition coefficient (Wildman–Crippen LogP) is 8.50. The first-order valence-electron chi connectivity index (χ1n) is 22.4. The molecule has 0 amide bonds. The third-order valence-electron chi connectivity index (χ3n) is 9.73. The van der Waals surface area contributed by atoms with Gasteiger partial charge in [0.15, 0.2) is 6.10 Å². The fraction of sp³-hybridized carbons (Fsp3) is 0.660. The summed E-state index contributed by atoms with van der Waals surface area (Å²) in [5, 5.41) is 50.1. The second-order valence-corrected chi connectivity index (χ2v) is 16.5. The van der Waals surface area contributed by atoms with Gasteiger partial charge < -0.3 is 39.9 Å². The number of rotatable bonds is 35. The van der Waals surface area contributed by atoms with Crippen LogP contribution in [0.15, 0.2) is 85.1 Å². The van der Waals surface area contributed by atoms with Crippen LogP contribution in [0.4, 0.5) is 0 Å². The molecule has 348 valence electrons. The van der Waals surface area contributed by atoms with Crippen molar-refractivity contribution in [1.82, 2.24) is 0 Å². The number of hydrogen-bond donors (Lipinski definition) is 6. The molecule has 1 fully saturated rings. The maximum absolute atomic E-state index is 12.8. The van der Waals surface area contributed by atoms with Gasteiger partial charge in [-0.2, -0.15) is 0 Å². The molecule has 13 nitrogen and oxygen atoms in total. The number of aliphatic hydroxyl groups is 5. The van der Waals surface area contributed by atoms with E-state index < -0.39 is 75.7 Å². The van der Waals surface area contributed by atoms with Crippen molar-refractivity contribution in [2.75, 3.05) is 13.2 Å². The summed E-state index contributed by atoms with van der Waals surface area (Å²) in [6.07, 6.45) is 33.5. The first-order chi connectivity index (χ1) is 29.4. The SMILES string of the molecule is CC/C=C\C/C=C\C/C=C\C/C=C\CCCCC(=O)OC(COC(=O)CCCCCCCCC/C=C\C/C=C\C/C=C\CC)COP(=O)(O)OC1C(O)C(O)C(O)C(O)C1O. The van der Waals surface area contributed by atoms with Crippen LogP contribution in [0.25, 0.3) is 0 Å². The van der Waals surface area contributed by atoms with Crippen LogP contribution in [0.3, 0.4) is 0 Å². The highest BCUT2D eigenvalue weighted by molar-refractivity contribution is 7.47. The molecule has 6 unspecified atom stereocenters. The molecule has 0 aromatic rings. The van der Waals surface area contributed by atoms with E-state index in [9.17, 15) is 44.6 Å². The summed E-state index contributed by atoms with van der Waals surface area (Å²) in [6.45, 7) is 3.01. The molecular weight excluding hydrogens is 803 g/mol. The minimum atomic E-state index is -5.14. The Kier molecular flexibility index (Phi) is 33.5. The molecular formula is C47H77O13P. The van der Waals surface area contributed by atoms with E-state index in [4.69, 9.17) is 18.5 Å². The first kappa shape index (κ1) is 56.0. The van der Waals surface area contributed by atoms with E-state index in [0.29, 0.717) is 19.3 Å². The maximum Gasteiger partial charge on any atom is 0.472 e. The third kappa shape index (κ3) is 29.1. The summed E-state index contributed by atoms with van der Waals surface area (Å²) >= 11 is 0. The van der Waals surface area contributed by atoms with E-state index in [2.05, 4.69) is 92.8 Å². The van der Waals surface area contributed by atoms with Gasteiger partial charge in [-0.25, -0.2) is 4.57 Å². The largest absolute Gasteiger partial charge is 0.472 e. The fourth-order valence-corrected chi connectivity index (χ4v) is 7.15. The van der Waals surface area contributed by atoms with Crippen molar-refractivity contribution < 1.29 is 63.1 Å². The van der Waals surface area contributed by atoms with Crippen molar-refractivity contribution in [3.8, 4) is 0 Å². The molecule has 0 spiro atoms. The maximum atomic E-state index is 12.8. The number of unbranched alkanes of at least 4 members (excludes halogenated alkanes) is 9. The number of ether oxygens (including phenoxy) is 2. The van der Waals surface area contributed by atoms with E-state index in [1.165, 1.54) is 0 Å². The second kappa shape index (κ2) is 36.5. The minimum absolute atomic E-state index is 0.0372. The van der Waals surface area contributed by atoms with Gasteiger partial charge in [0.1, 0.15) is 43.2 Å².